The van der Waals surface area contributed by atoms with Crippen LogP contribution in [0.4, 0.5) is 0 Å². The van der Waals surface area contributed by atoms with Gasteiger partial charge in [-0.1, -0.05) is 0 Å². The molecular weight excluding hydrogens is 118 g/mol. The molecule has 4 nitrogen and oxygen atoms in total. The van der Waals surface area contributed by atoms with E-state index >= 15 is 0 Å². The Kier molecular flexibility index (Phi) is 2.02. The average Bonchev–Trinajstić information content (AvgIpc) is 1.78. The summed E-state index contributed by atoms with van der Waals surface area (Å²) in [6.07, 6.45) is 0. The molecule has 0 spiro atoms. The molecule has 1 rings (SSSR count). The Hall–Kier alpha value is -0.610. The minimum absolute atomic E-state index is 0.0681. The summed E-state index contributed by atoms with van der Waals surface area (Å²) in [7, 11) is 0. The molecule has 1 amide bonds. The van der Waals surface area contributed by atoms with Crippen LogP contribution in [-0.2, 0) is 4.79 Å². The predicted molar refractivity (Wildman–Crippen MR) is 33.9 cm³/mol. The molecule has 1 saturated heterocycles. The van der Waals surface area contributed by atoms with E-state index in [1.165, 1.54) is 0 Å². The van der Waals surface area contributed by atoms with Crippen molar-refractivity contribution in [3.8, 4) is 0 Å². The average molecular weight is 129 g/mol. The van der Waals surface area contributed by atoms with Crippen LogP contribution in [0.2, 0.25) is 0 Å². The fourth-order valence-electron chi connectivity index (χ4n) is 0.677. The third kappa shape index (κ3) is 1.65. The van der Waals surface area contributed by atoms with Crippen LogP contribution in [0.5, 0.6) is 0 Å². The molecule has 52 valence electrons. The number of rotatable bonds is 2. The van der Waals surface area contributed by atoms with Gasteiger partial charge in [-0.05, 0) is 0 Å². The van der Waals surface area contributed by atoms with Crippen molar-refractivity contribution in [3.63, 3.8) is 0 Å². The fraction of sp³-hybridized carbons (Fsp3) is 0.800. The molecule has 0 radical (unpaired) electrons. The highest BCUT2D eigenvalue weighted by atomic mass is 16.1. The summed E-state index contributed by atoms with van der Waals surface area (Å²) >= 11 is 0. The van der Waals surface area contributed by atoms with Gasteiger partial charge in [0, 0.05) is 13.1 Å². The van der Waals surface area contributed by atoms with E-state index in [-0.39, 0.29) is 12.5 Å². The summed E-state index contributed by atoms with van der Waals surface area (Å²) in [6, 6.07) is 0.320. The molecule has 1 fully saturated rings. The van der Waals surface area contributed by atoms with Crippen molar-refractivity contribution in [2.75, 3.05) is 19.6 Å². The summed E-state index contributed by atoms with van der Waals surface area (Å²) in [4.78, 5) is 10.6. The second-order valence-corrected chi connectivity index (χ2v) is 2.13. The summed E-state index contributed by atoms with van der Waals surface area (Å²) in [5.74, 6) is -0.0681. The zero-order valence-corrected chi connectivity index (χ0v) is 5.18. The number of hydrogen-bond donors (Lipinski definition) is 3. The molecule has 0 aromatic rings. The van der Waals surface area contributed by atoms with Gasteiger partial charge in [-0.25, -0.2) is 0 Å². The molecular formula is C5H11N3O. The Labute approximate surface area is 53.8 Å². The maximum absolute atomic E-state index is 10.6. The SMILES string of the molecule is NCC(=O)NC1CNC1. The molecule has 1 heterocycles. The second kappa shape index (κ2) is 2.80. The Bertz CT molecular complexity index is 111. The van der Waals surface area contributed by atoms with E-state index in [1.807, 2.05) is 0 Å². The molecule has 1 aliphatic rings. The van der Waals surface area contributed by atoms with Gasteiger partial charge in [-0.3, -0.25) is 4.79 Å². The highest BCUT2D eigenvalue weighted by Gasteiger charge is 2.17. The van der Waals surface area contributed by atoms with Crippen LogP contribution in [0.25, 0.3) is 0 Å². The van der Waals surface area contributed by atoms with E-state index in [2.05, 4.69) is 10.6 Å². The monoisotopic (exact) mass is 129 g/mol. The Morgan fingerprint density at radius 1 is 1.78 bits per heavy atom. The summed E-state index contributed by atoms with van der Waals surface area (Å²) in [5.41, 5.74) is 5.07. The zero-order chi connectivity index (χ0) is 6.69. The third-order valence-electron chi connectivity index (χ3n) is 1.33. The van der Waals surface area contributed by atoms with E-state index in [0.717, 1.165) is 13.1 Å². The molecule has 4 heteroatoms. The van der Waals surface area contributed by atoms with Crippen molar-refractivity contribution in [1.29, 1.82) is 0 Å². The zero-order valence-electron chi connectivity index (χ0n) is 5.18. The molecule has 0 aromatic heterocycles. The minimum Gasteiger partial charge on any atom is -0.350 e. The third-order valence-corrected chi connectivity index (χ3v) is 1.33. The summed E-state index contributed by atoms with van der Waals surface area (Å²) < 4.78 is 0. The number of amides is 1. The highest BCUT2D eigenvalue weighted by molar-refractivity contribution is 5.78. The molecule has 0 saturated carbocycles. The topological polar surface area (TPSA) is 67.2 Å². The molecule has 4 N–H and O–H groups in total. The number of hydrogen-bond acceptors (Lipinski definition) is 3. The van der Waals surface area contributed by atoms with Crippen LogP contribution in [0.1, 0.15) is 0 Å². The first-order valence-corrected chi connectivity index (χ1v) is 3.03. The van der Waals surface area contributed by atoms with E-state index in [9.17, 15) is 4.79 Å². The van der Waals surface area contributed by atoms with Crippen LogP contribution < -0.4 is 16.4 Å². The molecule has 0 unspecified atom stereocenters. The van der Waals surface area contributed by atoms with Crippen LogP contribution in [0.3, 0.4) is 0 Å². The van der Waals surface area contributed by atoms with Crippen LogP contribution >= 0.6 is 0 Å². The fourth-order valence-corrected chi connectivity index (χ4v) is 0.677. The van der Waals surface area contributed by atoms with Crippen molar-refractivity contribution in [1.82, 2.24) is 10.6 Å². The Balaban J connectivity index is 2.09. The van der Waals surface area contributed by atoms with Gasteiger partial charge >= 0.3 is 0 Å². The largest absolute Gasteiger partial charge is 0.350 e. The first-order valence-electron chi connectivity index (χ1n) is 3.03. The number of carbonyl (C=O) groups excluding carboxylic acids is 1. The molecule has 1 aliphatic heterocycles. The predicted octanol–water partition coefficient (Wildman–Crippen LogP) is -1.97. The quantitative estimate of drug-likeness (QED) is 0.405. The smallest absolute Gasteiger partial charge is 0.234 e. The van der Waals surface area contributed by atoms with Crippen molar-refractivity contribution < 1.29 is 4.79 Å². The summed E-state index contributed by atoms with van der Waals surface area (Å²) in [5, 5.41) is 5.77. The van der Waals surface area contributed by atoms with Gasteiger partial charge < -0.3 is 16.4 Å². The van der Waals surface area contributed by atoms with E-state index in [4.69, 9.17) is 5.73 Å². The lowest BCUT2D eigenvalue weighted by Crippen LogP contribution is -2.57. The van der Waals surface area contributed by atoms with Crippen molar-refractivity contribution in [2.45, 2.75) is 6.04 Å². The highest BCUT2D eigenvalue weighted by Crippen LogP contribution is 1.88. The van der Waals surface area contributed by atoms with Crippen molar-refractivity contribution in [2.24, 2.45) is 5.73 Å². The lowest BCUT2D eigenvalue weighted by molar-refractivity contribution is -0.120. The maximum atomic E-state index is 10.6. The molecule has 9 heavy (non-hydrogen) atoms. The Morgan fingerprint density at radius 3 is 2.78 bits per heavy atom. The second-order valence-electron chi connectivity index (χ2n) is 2.13. The lowest BCUT2D eigenvalue weighted by atomic mass is 10.2. The summed E-state index contributed by atoms with van der Waals surface area (Å²) in [6.45, 7) is 1.86. The molecule has 0 aliphatic carbocycles. The van der Waals surface area contributed by atoms with Crippen LogP contribution in [0.15, 0.2) is 0 Å². The van der Waals surface area contributed by atoms with Gasteiger partial charge in [-0.15, -0.1) is 0 Å². The lowest BCUT2D eigenvalue weighted by Gasteiger charge is -2.27. The maximum Gasteiger partial charge on any atom is 0.234 e. The van der Waals surface area contributed by atoms with Crippen molar-refractivity contribution in [3.05, 3.63) is 0 Å². The van der Waals surface area contributed by atoms with Gasteiger partial charge in [0.2, 0.25) is 5.91 Å². The van der Waals surface area contributed by atoms with Gasteiger partial charge in [0.25, 0.3) is 0 Å². The van der Waals surface area contributed by atoms with Gasteiger partial charge in [0.1, 0.15) is 0 Å². The molecule has 0 aromatic carbocycles. The molecule has 0 atom stereocenters. The number of nitrogens with two attached hydrogens (primary N) is 1. The van der Waals surface area contributed by atoms with Crippen LogP contribution in [0, 0.1) is 0 Å². The first kappa shape index (κ1) is 6.51. The standard InChI is InChI=1S/C5H11N3O/c6-1-5(9)8-4-2-7-3-4/h4,7H,1-3,6H2,(H,8,9). The van der Waals surface area contributed by atoms with Crippen LogP contribution in [-0.4, -0.2) is 31.6 Å². The van der Waals surface area contributed by atoms with Gasteiger partial charge in [0.15, 0.2) is 0 Å². The van der Waals surface area contributed by atoms with Gasteiger partial charge in [-0.2, -0.15) is 0 Å². The van der Waals surface area contributed by atoms with E-state index < -0.39 is 0 Å². The van der Waals surface area contributed by atoms with E-state index in [0.29, 0.717) is 6.04 Å². The number of nitrogens with one attached hydrogen (secondary N) is 2. The number of carbonyl (C=O) groups is 1. The van der Waals surface area contributed by atoms with E-state index in [1.54, 1.807) is 0 Å². The van der Waals surface area contributed by atoms with Gasteiger partial charge in [0.05, 0.1) is 12.6 Å². The Morgan fingerprint density at radius 2 is 2.44 bits per heavy atom. The normalized spacial score (nSPS) is 18.8. The van der Waals surface area contributed by atoms with Crippen molar-refractivity contribution >= 4 is 5.91 Å². The minimum atomic E-state index is -0.0681. The molecule has 0 bridgehead atoms. The first-order chi connectivity index (χ1) is 4.33.